The molecule has 6 heteroatoms. The fourth-order valence-electron chi connectivity index (χ4n) is 0.625. The molecule has 70 valence electrons. The molecule has 0 aromatic carbocycles. The SMILES string of the molecule is COC(=O)N/N=C(/C)c1nccs1. The van der Waals surface area contributed by atoms with E-state index >= 15 is 0 Å². The molecule has 0 aliphatic heterocycles. The van der Waals surface area contributed by atoms with Crippen molar-refractivity contribution < 1.29 is 9.53 Å². The average molecular weight is 199 g/mol. The minimum atomic E-state index is -0.587. The van der Waals surface area contributed by atoms with E-state index < -0.39 is 6.09 Å². The topological polar surface area (TPSA) is 63.6 Å². The van der Waals surface area contributed by atoms with E-state index in [-0.39, 0.29) is 0 Å². The monoisotopic (exact) mass is 199 g/mol. The Kier molecular flexibility index (Phi) is 3.39. The summed E-state index contributed by atoms with van der Waals surface area (Å²) >= 11 is 1.46. The Labute approximate surface area is 79.4 Å². The molecule has 0 spiro atoms. The summed E-state index contributed by atoms with van der Waals surface area (Å²) in [6.07, 6.45) is 1.09. The van der Waals surface area contributed by atoms with Crippen LogP contribution in [0.5, 0.6) is 0 Å². The number of carbonyl (C=O) groups is 1. The Morgan fingerprint density at radius 1 is 1.77 bits per heavy atom. The van der Waals surface area contributed by atoms with E-state index in [0.717, 1.165) is 5.01 Å². The van der Waals surface area contributed by atoms with E-state index in [2.05, 4.69) is 20.2 Å². The number of methoxy groups -OCH3 is 1. The van der Waals surface area contributed by atoms with E-state index in [1.807, 2.05) is 5.38 Å². The highest BCUT2D eigenvalue weighted by Gasteiger charge is 2.00. The number of nitrogens with zero attached hydrogens (tertiary/aromatic N) is 2. The van der Waals surface area contributed by atoms with Gasteiger partial charge in [0.1, 0.15) is 5.01 Å². The van der Waals surface area contributed by atoms with Gasteiger partial charge in [-0.25, -0.2) is 15.2 Å². The van der Waals surface area contributed by atoms with E-state index in [1.54, 1.807) is 13.1 Å². The molecule has 0 fully saturated rings. The van der Waals surface area contributed by atoms with Crippen LogP contribution in [0, 0.1) is 0 Å². The standard InChI is InChI=1S/C7H9N3O2S/c1-5(6-8-3-4-13-6)9-10-7(11)12-2/h3-4H,1-2H3,(H,10,11)/b9-5-. The lowest BCUT2D eigenvalue weighted by atomic mass is 10.5. The summed E-state index contributed by atoms with van der Waals surface area (Å²) in [7, 11) is 1.28. The van der Waals surface area contributed by atoms with Crippen LogP contribution in [0.4, 0.5) is 4.79 Å². The van der Waals surface area contributed by atoms with Gasteiger partial charge in [-0.2, -0.15) is 5.10 Å². The van der Waals surface area contributed by atoms with E-state index in [9.17, 15) is 4.79 Å². The first-order valence-electron chi connectivity index (χ1n) is 3.52. The molecule has 0 aliphatic carbocycles. The van der Waals surface area contributed by atoms with Crippen molar-refractivity contribution in [2.75, 3.05) is 7.11 Å². The maximum absolute atomic E-state index is 10.6. The fraction of sp³-hybridized carbons (Fsp3) is 0.286. The second-order valence-corrected chi connectivity index (χ2v) is 3.03. The lowest BCUT2D eigenvalue weighted by molar-refractivity contribution is 0.171. The van der Waals surface area contributed by atoms with Crippen molar-refractivity contribution in [2.24, 2.45) is 5.10 Å². The van der Waals surface area contributed by atoms with Gasteiger partial charge in [-0.15, -0.1) is 11.3 Å². The Morgan fingerprint density at radius 2 is 2.54 bits per heavy atom. The van der Waals surface area contributed by atoms with Crippen molar-refractivity contribution in [1.29, 1.82) is 0 Å². The molecule has 1 aromatic rings. The van der Waals surface area contributed by atoms with Crippen molar-refractivity contribution in [3.8, 4) is 0 Å². The van der Waals surface area contributed by atoms with E-state index in [1.165, 1.54) is 18.4 Å². The molecule has 1 aromatic heterocycles. The molecule has 13 heavy (non-hydrogen) atoms. The van der Waals surface area contributed by atoms with Crippen LogP contribution in [0.25, 0.3) is 0 Å². The average Bonchev–Trinajstić information content (AvgIpc) is 2.66. The highest BCUT2D eigenvalue weighted by molar-refractivity contribution is 7.11. The van der Waals surface area contributed by atoms with Crippen LogP contribution in [-0.2, 0) is 4.74 Å². The predicted molar refractivity (Wildman–Crippen MR) is 49.9 cm³/mol. The van der Waals surface area contributed by atoms with Gasteiger partial charge in [-0.1, -0.05) is 0 Å². The summed E-state index contributed by atoms with van der Waals surface area (Å²) in [6, 6.07) is 0. The summed E-state index contributed by atoms with van der Waals surface area (Å²) in [4.78, 5) is 14.6. The maximum atomic E-state index is 10.6. The maximum Gasteiger partial charge on any atom is 0.427 e. The van der Waals surface area contributed by atoms with Gasteiger partial charge in [0, 0.05) is 11.6 Å². The second kappa shape index (κ2) is 4.56. The highest BCUT2D eigenvalue weighted by Crippen LogP contribution is 2.04. The number of carbonyl (C=O) groups excluding carboxylic acids is 1. The van der Waals surface area contributed by atoms with Crippen molar-refractivity contribution >= 4 is 23.1 Å². The molecule has 0 unspecified atom stereocenters. The van der Waals surface area contributed by atoms with Gasteiger partial charge < -0.3 is 4.74 Å². The highest BCUT2D eigenvalue weighted by atomic mass is 32.1. The molecule has 5 nitrogen and oxygen atoms in total. The third-order valence-electron chi connectivity index (χ3n) is 1.24. The van der Waals surface area contributed by atoms with Crippen LogP contribution in [0.2, 0.25) is 0 Å². The van der Waals surface area contributed by atoms with E-state index in [4.69, 9.17) is 0 Å². The number of amides is 1. The molecule has 0 aliphatic rings. The Bertz CT molecular complexity index is 308. The molecule has 0 radical (unpaired) electrons. The van der Waals surface area contributed by atoms with Crippen LogP contribution >= 0.6 is 11.3 Å². The van der Waals surface area contributed by atoms with Gasteiger partial charge in [0.05, 0.1) is 12.8 Å². The predicted octanol–water partition coefficient (Wildman–Crippen LogP) is 1.22. The van der Waals surface area contributed by atoms with Crippen LogP contribution in [0.15, 0.2) is 16.7 Å². The van der Waals surface area contributed by atoms with Crippen LogP contribution in [-0.4, -0.2) is 23.9 Å². The zero-order valence-electron chi connectivity index (χ0n) is 7.27. The second-order valence-electron chi connectivity index (χ2n) is 2.14. The summed E-state index contributed by atoms with van der Waals surface area (Å²) in [5, 5.41) is 6.39. The minimum absolute atomic E-state index is 0.587. The van der Waals surface area contributed by atoms with Gasteiger partial charge in [-0.05, 0) is 6.92 Å². The van der Waals surface area contributed by atoms with Gasteiger partial charge in [0.2, 0.25) is 0 Å². The van der Waals surface area contributed by atoms with Crippen LogP contribution in [0.3, 0.4) is 0 Å². The van der Waals surface area contributed by atoms with Gasteiger partial charge in [0.15, 0.2) is 0 Å². The van der Waals surface area contributed by atoms with Crippen molar-refractivity contribution in [1.82, 2.24) is 10.4 Å². The third-order valence-corrected chi connectivity index (χ3v) is 2.12. The summed E-state index contributed by atoms with van der Waals surface area (Å²) in [6.45, 7) is 1.76. The summed E-state index contributed by atoms with van der Waals surface area (Å²) in [5.41, 5.74) is 2.87. The fourth-order valence-corrected chi connectivity index (χ4v) is 1.21. The van der Waals surface area contributed by atoms with Gasteiger partial charge >= 0.3 is 6.09 Å². The lowest BCUT2D eigenvalue weighted by Gasteiger charge is -1.97. The van der Waals surface area contributed by atoms with Gasteiger partial charge in [-0.3, -0.25) is 0 Å². The smallest absolute Gasteiger partial charge is 0.427 e. The molecule has 1 amide bonds. The van der Waals surface area contributed by atoms with Crippen molar-refractivity contribution in [3.63, 3.8) is 0 Å². The zero-order valence-corrected chi connectivity index (χ0v) is 8.09. The summed E-state index contributed by atoms with van der Waals surface area (Å²) < 4.78 is 4.34. The number of hydrogen-bond acceptors (Lipinski definition) is 5. The van der Waals surface area contributed by atoms with Gasteiger partial charge in [0.25, 0.3) is 0 Å². The largest absolute Gasteiger partial charge is 0.452 e. The number of aromatic nitrogens is 1. The molecule has 0 bridgehead atoms. The lowest BCUT2D eigenvalue weighted by Crippen LogP contribution is -2.18. The minimum Gasteiger partial charge on any atom is -0.452 e. The van der Waals surface area contributed by atoms with Crippen LogP contribution in [0.1, 0.15) is 11.9 Å². The first-order chi connectivity index (χ1) is 6.24. The number of thiazole rings is 1. The molecule has 1 rings (SSSR count). The molecule has 0 saturated heterocycles. The number of ether oxygens (including phenoxy) is 1. The summed E-state index contributed by atoms with van der Waals surface area (Å²) in [5.74, 6) is 0. The number of hydrogen-bond donors (Lipinski definition) is 1. The molecule has 1 N–H and O–H groups in total. The molecular weight excluding hydrogens is 190 g/mol. The number of hydrazone groups is 1. The van der Waals surface area contributed by atoms with E-state index in [0.29, 0.717) is 5.71 Å². The first-order valence-corrected chi connectivity index (χ1v) is 4.40. The zero-order chi connectivity index (χ0) is 9.68. The molecule has 0 atom stereocenters. The Hall–Kier alpha value is -1.43. The molecular formula is C7H9N3O2S. The molecule has 1 heterocycles. The number of nitrogens with one attached hydrogen (secondary N) is 1. The van der Waals surface area contributed by atoms with Crippen molar-refractivity contribution in [3.05, 3.63) is 16.6 Å². The Balaban J connectivity index is 2.57. The normalized spacial score (nSPS) is 11.1. The number of rotatable bonds is 2. The quantitative estimate of drug-likeness (QED) is 0.575. The Morgan fingerprint density at radius 3 is 3.08 bits per heavy atom. The molecule has 0 saturated carbocycles. The first kappa shape index (κ1) is 9.66. The van der Waals surface area contributed by atoms with Crippen molar-refractivity contribution in [2.45, 2.75) is 6.92 Å². The third kappa shape index (κ3) is 2.83. The van der Waals surface area contributed by atoms with Crippen LogP contribution < -0.4 is 5.43 Å².